The van der Waals surface area contributed by atoms with Gasteiger partial charge in [-0.1, -0.05) is 29.4 Å². The Morgan fingerprint density at radius 2 is 1.85 bits per heavy atom. The summed E-state index contributed by atoms with van der Waals surface area (Å²) in [6.07, 6.45) is 5.40. The molecule has 0 saturated carbocycles. The number of piperidine rings is 1. The zero-order chi connectivity index (χ0) is 31.7. The molecule has 0 aliphatic carbocycles. The lowest BCUT2D eigenvalue weighted by Crippen LogP contribution is -2.38. The molecule has 0 spiro atoms. The van der Waals surface area contributed by atoms with Crippen molar-refractivity contribution in [3.05, 3.63) is 96.2 Å². The molecule has 1 atom stereocenters. The number of anilines is 2. The molecule has 0 amide bonds. The van der Waals surface area contributed by atoms with Crippen LogP contribution in [-0.2, 0) is 15.8 Å². The maximum absolute atomic E-state index is 15.3. The Hall–Kier alpha value is -4.85. The molecular weight excluding hydrogens is 645 g/mol. The molecule has 1 aliphatic heterocycles. The minimum absolute atomic E-state index is 0. The molecule has 242 valence electrons. The van der Waals surface area contributed by atoms with Crippen molar-refractivity contribution in [3.63, 3.8) is 0 Å². The minimum Gasteiger partial charge on any atom is -0.437 e. The number of hydrogen-bond acceptors (Lipinski definition) is 10. The highest BCUT2D eigenvalue weighted by molar-refractivity contribution is 7.92. The number of para-hydroxylation sites is 1. The van der Waals surface area contributed by atoms with Crippen LogP contribution in [0.15, 0.2) is 83.6 Å². The number of nitrogens with zero attached hydrogens (tertiary/aromatic N) is 4. The van der Waals surface area contributed by atoms with Crippen molar-refractivity contribution in [2.24, 2.45) is 0 Å². The van der Waals surface area contributed by atoms with E-state index in [0.717, 1.165) is 31.5 Å². The van der Waals surface area contributed by atoms with E-state index >= 15 is 4.39 Å². The average molecular weight is 676 g/mol. The zero-order valence-electron chi connectivity index (χ0n) is 25.2. The van der Waals surface area contributed by atoms with Crippen LogP contribution in [0.2, 0.25) is 0 Å². The van der Waals surface area contributed by atoms with Crippen molar-refractivity contribution in [1.29, 1.82) is 0 Å². The first-order valence-electron chi connectivity index (χ1n) is 14.8. The Bertz CT molecular complexity index is 2170. The predicted octanol–water partition coefficient (Wildman–Crippen LogP) is 6.60. The second-order valence-electron chi connectivity index (χ2n) is 11.1. The van der Waals surface area contributed by atoms with Crippen LogP contribution in [0.5, 0.6) is 11.6 Å². The fourth-order valence-electron chi connectivity index (χ4n) is 5.61. The number of aryl methyl sites for hydroxylation is 1. The standard InChI is InChI=1S/C33H30FN7O4S.ClH/c1-20-10-11-22-23(12-13-26(34)30(22)41-46(42,43)19-28-24-7-2-3-9-29(24)45-40-28)31(20)44-32-25(8-5-16-36-32)27-14-17-37-33(39-27)38-21-6-4-15-35-18-21;/h2-3,5,7-14,16-17,21,35,41H,4,6,15,18-19H2,1H3,(H,37,38,39);1H. The molecule has 11 nitrogen and oxygen atoms in total. The van der Waals surface area contributed by atoms with Gasteiger partial charge in [-0.3, -0.25) is 4.72 Å². The van der Waals surface area contributed by atoms with E-state index in [1.807, 2.05) is 13.0 Å². The van der Waals surface area contributed by atoms with Crippen molar-refractivity contribution in [2.75, 3.05) is 23.1 Å². The van der Waals surface area contributed by atoms with Gasteiger partial charge < -0.3 is 19.9 Å². The lowest BCUT2D eigenvalue weighted by atomic mass is 10.0. The number of nitrogens with one attached hydrogen (secondary N) is 3. The molecule has 14 heteroatoms. The van der Waals surface area contributed by atoms with E-state index < -0.39 is 21.6 Å². The van der Waals surface area contributed by atoms with Crippen molar-refractivity contribution in [1.82, 2.24) is 25.4 Å². The highest BCUT2D eigenvalue weighted by Crippen LogP contribution is 2.40. The molecule has 3 aromatic heterocycles. The summed E-state index contributed by atoms with van der Waals surface area (Å²) in [5, 5.41) is 12.1. The SMILES string of the molecule is Cc1ccc2c(NS(=O)(=O)Cc3noc4ccccc34)c(F)ccc2c1Oc1ncccc1-c1ccnc(NC2CCCNC2)n1.Cl. The average Bonchev–Trinajstić information content (AvgIpc) is 3.46. The first-order chi connectivity index (χ1) is 22.3. The van der Waals surface area contributed by atoms with Crippen LogP contribution in [0, 0.1) is 12.7 Å². The van der Waals surface area contributed by atoms with Gasteiger partial charge in [0.25, 0.3) is 0 Å². The molecule has 1 unspecified atom stereocenters. The largest absolute Gasteiger partial charge is 0.437 e. The van der Waals surface area contributed by atoms with Gasteiger partial charge in [0.2, 0.25) is 21.9 Å². The van der Waals surface area contributed by atoms with E-state index in [1.54, 1.807) is 67.0 Å². The fraction of sp³-hybridized carbons (Fsp3) is 0.212. The maximum Gasteiger partial charge on any atom is 0.238 e. The number of aromatic nitrogens is 4. The van der Waals surface area contributed by atoms with Crippen LogP contribution in [0.3, 0.4) is 0 Å². The molecular formula is C33H31ClFN7O4S. The second kappa shape index (κ2) is 13.5. The number of hydrogen-bond donors (Lipinski definition) is 3. The van der Waals surface area contributed by atoms with Crippen LogP contribution in [0.4, 0.5) is 16.0 Å². The van der Waals surface area contributed by atoms with Crippen molar-refractivity contribution in [2.45, 2.75) is 31.6 Å². The molecule has 7 rings (SSSR count). The predicted molar refractivity (Wildman–Crippen MR) is 181 cm³/mol. The van der Waals surface area contributed by atoms with Gasteiger partial charge in [-0.05, 0) is 74.3 Å². The minimum atomic E-state index is -4.09. The Morgan fingerprint density at radius 3 is 2.70 bits per heavy atom. The van der Waals surface area contributed by atoms with Crippen LogP contribution in [0.25, 0.3) is 33.0 Å². The maximum atomic E-state index is 15.3. The number of ether oxygens (including phenoxy) is 1. The summed E-state index contributed by atoms with van der Waals surface area (Å²) in [6, 6.07) is 18.8. The third-order valence-electron chi connectivity index (χ3n) is 7.87. The lowest BCUT2D eigenvalue weighted by molar-refractivity contribution is 0.448. The normalized spacial score (nSPS) is 14.9. The van der Waals surface area contributed by atoms with Gasteiger partial charge in [-0.2, -0.15) is 0 Å². The van der Waals surface area contributed by atoms with E-state index in [1.165, 1.54) is 6.07 Å². The second-order valence-corrected chi connectivity index (χ2v) is 12.8. The summed E-state index contributed by atoms with van der Waals surface area (Å²) in [5.74, 6) is -0.0381. The van der Waals surface area contributed by atoms with E-state index in [4.69, 9.17) is 14.2 Å². The molecule has 47 heavy (non-hydrogen) atoms. The van der Waals surface area contributed by atoms with Crippen LogP contribution in [-0.4, -0.2) is 47.7 Å². The molecule has 6 aromatic rings. The Labute approximate surface area is 276 Å². The molecule has 1 aliphatic rings. The summed E-state index contributed by atoms with van der Waals surface area (Å²) in [5.41, 5.74) is 2.49. The van der Waals surface area contributed by atoms with Crippen molar-refractivity contribution < 1.29 is 22.1 Å². The highest BCUT2D eigenvalue weighted by Gasteiger charge is 2.23. The number of fused-ring (bicyclic) bond motifs is 2. The zero-order valence-corrected chi connectivity index (χ0v) is 26.9. The van der Waals surface area contributed by atoms with E-state index in [2.05, 4.69) is 30.5 Å². The lowest BCUT2D eigenvalue weighted by Gasteiger charge is -2.23. The Kier molecular flexibility index (Phi) is 9.21. The third kappa shape index (κ3) is 6.82. The fourth-order valence-corrected chi connectivity index (χ4v) is 6.77. The number of benzene rings is 3. The van der Waals surface area contributed by atoms with Crippen molar-refractivity contribution >= 4 is 55.8 Å². The third-order valence-corrected chi connectivity index (χ3v) is 9.03. The summed E-state index contributed by atoms with van der Waals surface area (Å²) >= 11 is 0. The first kappa shape index (κ1) is 32.1. The number of halogens is 2. The van der Waals surface area contributed by atoms with Gasteiger partial charge in [0, 0.05) is 41.1 Å². The molecule has 1 fully saturated rings. The van der Waals surface area contributed by atoms with Gasteiger partial charge >= 0.3 is 0 Å². The summed E-state index contributed by atoms with van der Waals surface area (Å²) in [7, 11) is -4.09. The summed E-state index contributed by atoms with van der Waals surface area (Å²) < 4.78 is 56.0. The van der Waals surface area contributed by atoms with Crippen LogP contribution < -0.4 is 20.1 Å². The van der Waals surface area contributed by atoms with Crippen molar-refractivity contribution in [3.8, 4) is 22.9 Å². The van der Waals surface area contributed by atoms with Gasteiger partial charge in [-0.25, -0.2) is 27.8 Å². The van der Waals surface area contributed by atoms with Crippen LogP contribution >= 0.6 is 12.4 Å². The van der Waals surface area contributed by atoms with Gasteiger partial charge in [0.05, 0.1) is 16.9 Å². The quantitative estimate of drug-likeness (QED) is 0.153. The molecule has 0 bridgehead atoms. The molecule has 3 aromatic carbocycles. The number of sulfonamides is 1. The van der Waals surface area contributed by atoms with Gasteiger partial charge in [0.15, 0.2) is 5.58 Å². The smallest absolute Gasteiger partial charge is 0.238 e. The topological polar surface area (TPSA) is 144 Å². The number of pyridine rings is 1. The first-order valence-corrected chi connectivity index (χ1v) is 16.5. The summed E-state index contributed by atoms with van der Waals surface area (Å²) in [6.45, 7) is 3.69. The number of rotatable bonds is 9. The van der Waals surface area contributed by atoms with E-state index in [-0.39, 0.29) is 35.7 Å². The molecule has 1 saturated heterocycles. The van der Waals surface area contributed by atoms with Gasteiger partial charge in [-0.15, -0.1) is 12.4 Å². The molecule has 3 N–H and O–H groups in total. The van der Waals surface area contributed by atoms with Gasteiger partial charge in [0.1, 0.15) is 23.0 Å². The summed E-state index contributed by atoms with van der Waals surface area (Å²) in [4.78, 5) is 13.6. The highest BCUT2D eigenvalue weighted by atomic mass is 35.5. The monoisotopic (exact) mass is 675 g/mol. The molecule has 0 radical (unpaired) electrons. The Balaban J connectivity index is 0.00000386. The Morgan fingerprint density at radius 1 is 1.00 bits per heavy atom. The molecule has 4 heterocycles. The van der Waals surface area contributed by atoms with Crippen LogP contribution in [0.1, 0.15) is 24.1 Å². The van der Waals surface area contributed by atoms with E-state index in [0.29, 0.717) is 44.7 Å². The van der Waals surface area contributed by atoms with E-state index in [9.17, 15) is 8.42 Å².